The zero-order valence-corrected chi connectivity index (χ0v) is 25.0. The molecule has 0 spiro atoms. The highest BCUT2D eigenvalue weighted by atomic mass is 32.2. The van der Waals surface area contributed by atoms with Crippen LogP contribution in [0.3, 0.4) is 0 Å². The molecule has 3 aromatic carbocycles. The molecule has 11 heteroatoms. The highest BCUT2D eigenvalue weighted by Crippen LogP contribution is 2.21. The second kappa shape index (κ2) is 13.8. The Bertz CT molecular complexity index is 1530. The van der Waals surface area contributed by atoms with Crippen LogP contribution in [0.15, 0.2) is 76.6 Å². The number of esters is 1. The van der Waals surface area contributed by atoms with Gasteiger partial charge in [-0.25, -0.2) is 8.42 Å². The molecule has 4 rings (SSSR count). The molecule has 1 atom stereocenters. The maximum Gasteiger partial charge on any atom is 0.325 e. The number of nitrogens with one attached hydrogen (secondary N) is 3. The normalized spacial score (nSPS) is 14.4. The second-order valence-corrected chi connectivity index (χ2v) is 12.8. The van der Waals surface area contributed by atoms with Gasteiger partial charge in [0.25, 0.3) is 0 Å². The summed E-state index contributed by atoms with van der Waals surface area (Å²) in [4.78, 5) is 29.5. The number of carbonyl (C=O) groups excluding carboxylic acids is 2. The Kier molecular flexibility index (Phi) is 10.2. The van der Waals surface area contributed by atoms with Crippen LogP contribution in [0.2, 0.25) is 0 Å². The van der Waals surface area contributed by atoms with Crippen molar-refractivity contribution in [1.29, 1.82) is 0 Å². The maximum absolute atomic E-state index is 13.3. The van der Waals surface area contributed by atoms with E-state index in [2.05, 4.69) is 20.3 Å². The van der Waals surface area contributed by atoms with Crippen LogP contribution < -0.4 is 20.1 Å². The number of hydrogen-bond acceptors (Lipinski definition) is 8. The molecule has 0 bridgehead atoms. The Hall–Kier alpha value is -3.96. The minimum atomic E-state index is -4.03. The first-order valence-electron chi connectivity index (χ1n) is 14.0. The minimum Gasteiger partial charge on any atom is -0.494 e. The van der Waals surface area contributed by atoms with Crippen LogP contribution in [0.5, 0.6) is 5.75 Å². The Morgan fingerprint density at radius 2 is 1.76 bits per heavy atom. The van der Waals surface area contributed by atoms with E-state index in [0.29, 0.717) is 37.7 Å². The standard InChI is InChI=1S/C31H38N4O6S/c1-31(2,3)41-29(37)27(35-42(38,39)26-16-13-23-8-4-5-9-24(23)21-26)20-22-11-14-25(15-12-22)40-19-6-10-28(36)34-30-32-17-7-18-33-30/h4-5,8-9,11-16,21,27,35H,6-7,10,17-20H2,1-3H3,(H2,32,33,34,36)/t27-/m0/s1. The summed E-state index contributed by atoms with van der Waals surface area (Å²) in [7, 11) is -4.03. The van der Waals surface area contributed by atoms with E-state index in [1.54, 1.807) is 57.2 Å². The summed E-state index contributed by atoms with van der Waals surface area (Å²) >= 11 is 0. The smallest absolute Gasteiger partial charge is 0.325 e. The fourth-order valence-electron chi connectivity index (χ4n) is 4.33. The molecule has 0 fully saturated rings. The van der Waals surface area contributed by atoms with Crippen molar-refractivity contribution in [2.45, 2.75) is 63.0 Å². The Morgan fingerprint density at radius 1 is 1.02 bits per heavy atom. The van der Waals surface area contributed by atoms with Gasteiger partial charge in [-0.3, -0.25) is 19.9 Å². The summed E-state index contributed by atoms with van der Waals surface area (Å²) < 4.78 is 40.5. The van der Waals surface area contributed by atoms with Gasteiger partial charge in [0, 0.05) is 19.5 Å². The lowest BCUT2D eigenvalue weighted by atomic mass is 10.1. The first-order valence-corrected chi connectivity index (χ1v) is 15.5. The third-order valence-electron chi connectivity index (χ3n) is 6.36. The zero-order valence-electron chi connectivity index (χ0n) is 24.2. The molecule has 3 N–H and O–H groups in total. The fraction of sp³-hybridized carbons (Fsp3) is 0.387. The number of aliphatic imine (C=N–C) groups is 1. The number of fused-ring (bicyclic) bond motifs is 1. The molecular weight excluding hydrogens is 556 g/mol. The molecule has 3 aromatic rings. The Labute approximate surface area is 246 Å². The van der Waals surface area contributed by atoms with Crippen molar-refractivity contribution in [3.8, 4) is 5.75 Å². The molecule has 1 aliphatic heterocycles. The van der Waals surface area contributed by atoms with Crippen molar-refractivity contribution in [1.82, 2.24) is 15.4 Å². The van der Waals surface area contributed by atoms with E-state index >= 15 is 0 Å². The van der Waals surface area contributed by atoms with Crippen LogP contribution in [0.25, 0.3) is 10.8 Å². The van der Waals surface area contributed by atoms with Gasteiger partial charge < -0.3 is 14.8 Å². The van der Waals surface area contributed by atoms with Crippen LogP contribution in [0, 0.1) is 0 Å². The van der Waals surface area contributed by atoms with Crippen LogP contribution in [0.4, 0.5) is 0 Å². The van der Waals surface area contributed by atoms with E-state index in [1.807, 2.05) is 24.3 Å². The summed E-state index contributed by atoms with van der Waals surface area (Å²) in [5.41, 5.74) is -0.0712. The van der Waals surface area contributed by atoms with E-state index < -0.39 is 27.6 Å². The monoisotopic (exact) mass is 594 g/mol. The SMILES string of the molecule is CC(C)(C)OC(=O)[C@H](Cc1ccc(OCCCC(=O)NC2=NCCCN2)cc1)NS(=O)(=O)c1ccc2ccccc2c1. The van der Waals surface area contributed by atoms with Crippen molar-refractivity contribution < 1.29 is 27.5 Å². The van der Waals surface area contributed by atoms with Crippen LogP contribution >= 0.6 is 0 Å². The first-order chi connectivity index (χ1) is 20.0. The number of nitrogens with zero attached hydrogens (tertiary/aromatic N) is 1. The van der Waals surface area contributed by atoms with E-state index in [-0.39, 0.29) is 17.2 Å². The van der Waals surface area contributed by atoms with Gasteiger partial charge in [0.05, 0.1) is 11.5 Å². The molecule has 1 heterocycles. The van der Waals surface area contributed by atoms with Crippen molar-refractivity contribution in [2.75, 3.05) is 19.7 Å². The van der Waals surface area contributed by atoms with E-state index in [0.717, 1.165) is 29.3 Å². The van der Waals surface area contributed by atoms with Crippen LogP contribution in [-0.4, -0.2) is 57.6 Å². The highest BCUT2D eigenvalue weighted by Gasteiger charge is 2.30. The first kappa shape index (κ1) is 31.0. The van der Waals surface area contributed by atoms with Crippen LogP contribution in [-0.2, 0) is 30.8 Å². The summed E-state index contributed by atoms with van der Waals surface area (Å²) in [5.74, 6) is 0.330. The third-order valence-corrected chi connectivity index (χ3v) is 7.82. The minimum absolute atomic E-state index is 0.0650. The van der Waals surface area contributed by atoms with Crippen molar-refractivity contribution in [3.05, 3.63) is 72.3 Å². The molecule has 0 saturated carbocycles. The molecule has 0 radical (unpaired) electrons. The van der Waals surface area contributed by atoms with Gasteiger partial charge in [-0.05, 0) is 80.6 Å². The van der Waals surface area contributed by atoms with Gasteiger partial charge in [0.1, 0.15) is 17.4 Å². The Morgan fingerprint density at radius 3 is 2.45 bits per heavy atom. The number of benzene rings is 3. The van der Waals surface area contributed by atoms with Gasteiger partial charge in [0.2, 0.25) is 15.9 Å². The fourth-order valence-corrected chi connectivity index (χ4v) is 5.55. The maximum atomic E-state index is 13.3. The third kappa shape index (κ3) is 9.28. The number of guanidine groups is 1. The van der Waals surface area contributed by atoms with Crippen LogP contribution in [0.1, 0.15) is 45.6 Å². The zero-order chi connectivity index (χ0) is 30.2. The summed E-state index contributed by atoms with van der Waals surface area (Å²) in [6.07, 6.45) is 1.86. The van der Waals surface area contributed by atoms with E-state index in [9.17, 15) is 18.0 Å². The number of sulfonamides is 1. The molecule has 224 valence electrons. The van der Waals surface area contributed by atoms with Crippen molar-refractivity contribution in [2.24, 2.45) is 4.99 Å². The number of ether oxygens (including phenoxy) is 2. The lowest BCUT2D eigenvalue weighted by molar-refractivity contribution is -0.156. The molecule has 0 saturated heterocycles. The molecule has 0 aliphatic carbocycles. The molecule has 42 heavy (non-hydrogen) atoms. The second-order valence-electron chi connectivity index (χ2n) is 11.1. The molecular formula is C31H38N4O6S. The van der Waals surface area contributed by atoms with Gasteiger partial charge in [0.15, 0.2) is 5.96 Å². The van der Waals surface area contributed by atoms with Gasteiger partial charge in [-0.2, -0.15) is 4.72 Å². The van der Waals surface area contributed by atoms with E-state index in [4.69, 9.17) is 9.47 Å². The average Bonchev–Trinajstić information content (AvgIpc) is 2.95. The molecule has 1 amide bonds. The molecule has 0 unspecified atom stereocenters. The number of hydrogen-bond donors (Lipinski definition) is 3. The van der Waals surface area contributed by atoms with Gasteiger partial charge in [-0.15, -0.1) is 0 Å². The van der Waals surface area contributed by atoms with Gasteiger partial charge in [-0.1, -0.05) is 42.5 Å². The van der Waals surface area contributed by atoms with Gasteiger partial charge >= 0.3 is 5.97 Å². The largest absolute Gasteiger partial charge is 0.494 e. The summed E-state index contributed by atoms with van der Waals surface area (Å²) in [5, 5.41) is 7.50. The van der Waals surface area contributed by atoms with E-state index in [1.165, 1.54) is 6.07 Å². The lowest BCUT2D eigenvalue weighted by Crippen LogP contribution is -2.45. The predicted molar refractivity (Wildman–Crippen MR) is 162 cm³/mol. The lowest BCUT2D eigenvalue weighted by Gasteiger charge is -2.24. The number of amides is 1. The quantitative estimate of drug-likeness (QED) is 0.228. The average molecular weight is 595 g/mol. The molecule has 1 aliphatic rings. The predicted octanol–water partition coefficient (Wildman–Crippen LogP) is 3.70. The topological polar surface area (TPSA) is 135 Å². The number of rotatable bonds is 11. The summed E-state index contributed by atoms with van der Waals surface area (Å²) in [6, 6.07) is 18.2. The number of carbonyl (C=O) groups is 2. The molecule has 0 aromatic heterocycles. The molecule has 10 nitrogen and oxygen atoms in total. The van der Waals surface area contributed by atoms with Crippen molar-refractivity contribution >= 4 is 38.6 Å². The Balaban J connectivity index is 1.36. The highest BCUT2D eigenvalue weighted by molar-refractivity contribution is 7.89. The van der Waals surface area contributed by atoms with Crippen molar-refractivity contribution in [3.63, 3.8) is 0 Å². The summed E-state index contributed by atoms with van der Waals surface area (Å²) in [6.45, 7) is 7.05.